The van der Waals surface area contributed by atoms with Gasteiger partial charge in [-0.25, -0.2) is 14.8 Å². The Morgan fingerprint density at radius 3 is 2.16 bits per heavy atom. The molecule has 0 aliphatic carbocycles. The molecule has 2 aromatic carbocycles. The van der Waals surface area contributed by atoms with Crippen LogP contribution in [-0.4, -0.2) is 80.5 Å². The number of fused-ring (bicyclic) bond motifs is 1. The number of nitrogens with zero attached hydrogens (tertiary/aromatic N) is 7. The van der Waals surface area contributed by atoms with E-state index in [4.69, 9.17) is 38.1 Å². The van der Waals surface area contributed by atoms with Crippen LogP contribution in [0.2, 0.25) is 0 Å². The van der Waals surface area contributed by atoms with Crippen molar-refractivity contribution in [3.8, 4) is 46.0 Å². The van der Waals surface area contributed by atoms with Gasteiger partial charge in [0, 0.05) is 48.8 Å². The number of ether oxygens (including phenoxy) is 5. The summed E-state index contributed by atoms with van der Waals surface area (Å²) in [5.41, 5.74) is 3.44. The van der Waals surface area contributed by atoms with Crippen molar-refractivity contribution in [2.24, 2.45) is 7.05 Å². The van der Waals surface area contributed by atoms with Gasteiger partial charge in [-0.1, -0.05) is 0 Å². The Morgan fingerprint density at radius 1 is 0.860 bits per heavy atom. The molecule has 1 N–H and O–H groups in total. The fraction of sp³-hybridized carbons (Fsp3) is 0.366. The van der Waals surface area contributed by atoms with Gasteiger partial charge in [-0.3, -0.25) is 19.1 Å². The number of nitrogens with one attached hydrogen (secondary N) is 1. The van der Waals surface area contributed by atoms with E-state index in [-0.39, 0.29) is 31.2 Å². The lowest BCUT2D eigenvalue weighted by Gasteiger charge is -2.27. The summed E-state index contributed by atoms with van der Waals surface area (Å²) in [6.45, 7) is 9.95. The maximum absolute atomic E-state index is 14.0. The van der Waals surface area contributed by atoms with Crippen LogP contribution in [0.15, 0.2) is 59.1 Å². The smallest absolute Gasteiger partial charge is 0.411 e. The van der Waals surface area contributed by atoms with Gasteiger partial charge in [0.2, 0.25) is 5.89 Å². The van der Waals surface area contributed by atoms with Gasteiger partial charge < -0.3 is 33.4 Å². The number of oxazole rings is 1. The average Bonchev–Trinajstić information content (AvgIpc) is 3.91. The third-order valence-electron chi connectivity index (χ3n) is 9.10. The van der Waals surface area contributed by atoms with E-state index in [1.165, 1.54) is 4.90 Å². The highest BCUT2D eigenvalue weighted by Crippen LogP contribution is 2.35. The number of amides is 2. The quantitative estimate of drug-likeness (QED) is 0.124. The Labute approximate surface area is 330 Å². The molecule has 300 valence electrons. The second-order valence-corrected chi connectivity index (χ2v) is 14.2. The van der Waals surface area contributed by atoms with E-state index in [1.54, 1.807) is 102 Å². The number of aryl methyl sites for hydroxylation is 3. The molecule has 0 unspecified atom stereocenters. The van der Waals surface area contributed by atoms with Crippen molar-refractivity contribution in [3.05, 3.63) is 83.0 Å². The van der Waals surface area contributed by atoms with Crippen LogP contribution in [0.25, 0.3) is 33.9 Å². The summed E-state index contributed by atoms with van der Waals surface area (Å²) in [6, 6.07) is 14.3. The number of benzene rings is 2. The number of carbonyl (C=O) groups is 2. The Kier molecular flexibility index (Phi) is 11.7. The Balaban J connectivity index is 1.47. The monoisotopic (exact) mass is 780 g/mol. The van der Waals surface area contributed by atoms with Gasteiger partial charge in [0.1, 0.15) is 51.4 Å². The van der Waals surface area contributed by atoms with Gasteiger partial charge in [-0.2, -0.15) is 10.2 Å². The number of carbonyl (C=O) groups excluding carboxylic acids is 2. The van der Waals surface area contributed by atoms with Gasteiger partial charge in [0.15, 0.2) is 5.76 Å². The predicted octanol–water partition coefficient (Wildman–Crippen LogP) is 6.72. The van der Waals surface area contributed by atoms with Crippen LogP contribution in [0.4, 0.5) is 4.79 Å². The van der Waals surface area contributed by atoms with E-state index in [0.29, 0.717) is 68.9 Å². The Hall–Kier alpha value is -6.58. The van der Waals surface area contributed by atoms with Crippen molar-refractivity contribution in [3.63, 3.8) is 0 Å². The summed E-state index contributed by atoms with van der Waals surface area (Å²) in [4.78, 5) is 39.3. The van der Waals surface area contributed by atoms with E-state index < -0.39 is 17.6 Å². The summed E-state index contributed by atoms with van der Waals surface area (Å²) in [6.07, 6.45) is 1.06. The highest BCUT2D eigenvalue weighted by Gasteiger charge is 2.30. The molecule has 16 nitrogen and oxygen atoms in total. The van der Waals surface area contributed by atoms with Crippen LogP contribution >= 0.6 is 0 Å². The maximum atomic E-state index is 14.0. The molecule has 0 fully saturated rings. The molecule has 6 rings (SSSR count). The minimum absolute atomic E-state index is 0.0799. The average molecular weight is 781 g/mol. The lowest BCUT2D eigenvalue weighted by molar-refractivity contribution is 0.0203. The molecule has 4 aromatic heterocycles. The lowest BCUT2D eigenvalue weighted by atomic mass is 10.1. The van der Waals surface area contributed by atoms with Crippen molar-refractivity contribution in [1.82, 2.24) is 39.7 Å². The SMILES string of the molecule is CCn1nc(C)cc1-c1nc(-c2nc(C(=O)NCc3ccc(OC)cc3OC)cc3c2cnn3C)c(CN(Cc2ccc(OC)cc2OC)C(=O)OC(C)(C)C)o1. The number of methoxy groups -OCH3 is 4. The zero-order valence-electron chi connectivity index (χ0n) is 33.9. The zero-order valence-corrected chi connectivity index (χ0v) is 33.9. The van der Waals surface area contributed by atoms with E-state index in [1.807, 2.05) is 32.0 Å². The number of pyridine rings is 1. The van der Waals surface area contributed by atoms with Crippen LogP contribution in [0.5, 0.6) is 23.0 Å². The third kappa shape index (κ3) is 8.79. The van der Waals surface area contributed by atoms with Crippen LogP contribution in [-0.2, 0) is 38.0 Å². The standard InChI is InChI=1S/C41H48N8O8/c1-11-49-32(16-24(2)46-49)39-45-37(35(56-39)23-48(40(51)57-41(3,4)5)22-26-13-15-28(53-8)18-34(26)55-10)36-29-21-43-47(6)31(29)19-30(44-36)38(50)42-20-25-12-14-27(52-7)17-33(25)54-9/h12-19,21H,11,20,22-23H2,1-10H3,(H,42,50). The Bertz CT molecular complexity index is 2410. The molecule has 4 heterocycles. The van der Waals surface area contributed by atoms with E-state index >= 15 is 0 Å². The molecule has 0 bridgehead atoms. The molecular formula is C41H48N8O8. The minimum Gasteiger partial charge on any atom is -0.497 e. The van der Waals surface area contributed by atoms with Gasteiger partial charge in [-0.15, -0.1) is 0 Å². The van der Waals surface area contributed by atoms with E-state index in [2.05, 4.69) is 15.5 Å². The lowest BCUT2D eigenvalue weighted by Crippen LogP contribution is -2.36. The molecular weight excluding hydrogens is 732 g/mol. The molecule has 0 atom stereocenters. The summed E-state index contributed by atoms with van der Waals surface area (Å²) >= 11 is 0. The molecule has 2 amide bonds. The van der Waals surface area contributed by atoms with Crippen molar-refractivity contribution in [2.45, 2.75) is 66.4 Å². The van der Waals surface area contributed by atoms with E-state index in [9.17, 15) is 9.59 Å². The molecule has 6 aromatic rings. The van der Waals surface area contributed by atoms with Gasteiger partial charge in [-0.05, 0) is 71.0 Å². The summed E-state index contributed by atoms with van der Waals surface area (Å²) in [5.74, 6) is 2.43. The first-order valence-corrected chi connectivity index (χ1v) is 18.3. The molecule has 0 spiro atoms. The number of hydrogen-bond donors (Lipinski definition) is 1. The minimum atomic E-state index is -0.805. The maximum Gasteiger partial charge on any atom is 0.411 e. The second kappa shape index (κ2) is 16.6. The molecule has 0 saturated carbocycles. The van der Waals surface area contributed by atoms with Gasteiger partial charge in [0.05, 0.1) is 58.9 Å². The fourth-order valence-electron chi connectivity index (χ4n) is 6.29. The number of rotatable bonds is 14. The van der Waals surface area contributed by atoms with Gasteiger partial charge >= 0.3 is 6.09 Å². The van der Waals surface area contributed by atoms with Gasteiger partial charge in [0.25, 0.3) is 5.91 Å². The Morgan fingerprint density at radius 2 is 1.53 bits per heavy atom. The van der Waals surface area contributed by atoms with Crippen LogP contribution in [0.3, 0.4) is 0 Å². The predicted molar refractivity (Wildman–Crippen MR) is 211 cm³/mol. The first-order chi connectivity index (χ1) is 27.2. The number of hydrogen-bond acceptors (Lipinski definition) is 12. The molecule has 0 aliphatic rings. The largest absolute Gasteiger partial charge is 0.497 e. The zero-order chi connectivity index (χ0) is 41.0. The van der Waals surface area contributed by atoms with Crippen LogP contribution < -0.4 is 24.3 Å². The van der Waals surface area contributed by atoms with Crippen LogP contribution in [0, 0.1) is 6.92 Å². The summed E-state index contributed by atoms with van der Waals surface area (Å²) in [5, 5.41) is 12.7. The molecule has 16 heteroatoms. The van der Waals surface area contributed by atoms with Crippen molar-refractivity contribution in [1.29, 1.82) is 0 Å². The second-order valence-electron chi connectivity index (χ2n) is 14.2. The van der Waals surface area contributed by atoms with Crippen LogP contribution in [0.1, 0.15) is 60.8 Å². The van der Waals surface area contributed by atoms with Crippen molar-refractivity contribution in [2.75, 3.05) is 28.4 Å². The highest BCUT2D eigenvalue weighted by atomic mass is 16.6. The van der Waals surface area contributed by atoms with Crippen molar-refractivity contribution >= 4 is 22.9 Å². The molecule has 0 saturated heterocycles. The van der Waals surface area contributed by atoms with E-state index in [0.717, 1.165) is 11.3 Å². The third-order valence-corrected chi connectivity index (χ3v) is 9.10. The number of aromatic nitrogens is 6. The van der Waals surface area contributed by atoms with Crippen molar-refractivity contribution < 1.29 is 37.7 Å². The highest BCUT2D eigenvalue weighted by molar-refractivity contribution is 6.00. The topological polar surface area (TPSA) is 170 Å². The molecule has 0 aliphatic heterocycles. The molecule has 0 radical (unpaired) electrons. The first-order valence-electron chi connectivity index (χ1n) is 18.3. The fourth-order valence-corrected chi connectivity index (χ4v) is 6.29. The molecule has 57 heavy (non-hydrogen) atoms. The first kappa shape index (κ1) is 40.1. The summed E-state index contributed by atoms with van der Waals surface area (Å²) in [7, 11) is 8.03. The normalized spacial score (nSPS) is 11.4. The summed E-state index contributed by atoms with van der Waals surface area (Å²) < 4.78 is 37.9.